The van der Waals surface area contributed by atoms with Crippen molar-refractivity contribution in [3.8, 4) is 0 Å². The van der Waals surface area contributed by atoms with Gasteiger partial charge in [0.2, 0.25) is 0 Å². The third-order valence-corrected chi connectivity index (χ3v) is 2.63. The molecule has 1 aromatic rings. The topological polar surface area (TPSA) is 77.2 Å². The van der Waals surface area contributed by atoms with Crippen molar-refractivity contribution in [2.75, 3.05) is 25.1 Å². The second kappa shape index (κ2) is 4.94. The monoisotopic (exact) mass is 221 g/mol. The molecule has 0 radical (unpaired) electrons. The lowest BCUT2D eigenvalue weighted by Crippen LogP contribution is -2.16. The quantitative estimate of drug-likeness (QED) is 0.781. The van der Waals surface area contributed by atoms with E-state index < -0.39 is 5.91 Å². The van der Waals surface area contributed by atoms with E-state index in [9.17, 15) is 4.79 Å². The van der Waals surface area contributed by atoms with Crippen LogP contribution < -0.4 is 11.1 Å². The van der Waals surface area contributed by atoms with Crippen LogP contribution in [0, 0.1) is 5.92 Å². The minimum absolute atomic E-state index is 0.285. The fourth-order valence-corrected chi connectivity index (χ4v) is 1.68. The van der Waals surface area contributed by atoms with E-state index in [1.165, 1.54) is 0 Å². The van der Waals surface area contributed by atoms with Crippen LogP contribution in [-0.4, -0.2) is 30.6 Å². The molecule has 0 aromatic carbocycles. The molecule has 1 aliphatic rings. The van der Waals surface area contributed by atoms with E-state index in [2.05, 4.69) is 10.3 Å². The second-order valence-corrected chi connectivity index (χ2v) is 3.90. The van der Waals surface area contributed by atoms with E-state index in [1.54, 1.807) is 12.3 Å². The Morgan fingerprint density at radius 1 is 1.69 bits per heavy atom. The normalized spacial score (nSPS) is 19.6. The fraction of sp³-hybridized carbons (Fsp3) is 0.455. The lowest BCUT2D eigenvalue weighted by atomic mass is 10.1. The molecule has 2 rings (SSSR count). The first-order valence-corrected chi connectivity index (χ1v) is 5.33. The maximum atomic E-state index is 10.9. The van der Waals surface area contributed by atoms with Crippen LogP contribution in [0.5, 0.6) is 0 Å². The number of carbonyl (C=O) groups excluding carboxylic acids is 1. The van der Waals surface area contributed by atoms with Gasteiger partial charge in [-0.15, -0.1) is 0 Å². The van der Waals surface area contributed by atoms with Crippen LogP contribution in [0.15, 0.2) is 18.3 Å². The third kappa shape index (κ3) is 2.70. The molecule has 1 aromatic heterocycles. The SMILES string of the molecule is NC(=O)c1cc(NCC2CCOC2)ccn1. The standard InChI is InChI=1S/C11H15N3O2/c12-11(15)10-5-9(1-3-13-10)14-6-8-2-4-16-7-8/h1,3,5,8H,2,4,6-7H2,(H2,12,15)(H,13,14). The summed E-state index contributed by atoms with van der Waals surface area (Å²) in [5.74, 6) is 0.0399. The second-order valence-electron chi connectivity index (χ2n) is 3.90. The molecule has 1 unspecified atom stereocenters. The highest BCUT2D eigenvalue weighted by Gasteiger charge is 2.15. The molecule has 1 fully saturated rings. The summed E-state index contributed by atoms with van der Waals surface area (Å²) in [4.78, 5) is 14.8. The van der Waals surface area contributed by atoms with E-state index >= 15 is 0 Å². The van der Waals surface area contributed by atoms with Crippen molar-refractivity contribution in [3.63, 3.8) is 0 Å². The van der Waals surface area contributed by atoms with E-state index in [0.717, 1.165) is 31.9 Å². The number of hydrogen-bond donors (Lipinski definition) is 2. The Morgan fingerprint density at radius 3 is 3.25 bits per heavy atom. The first kappa shape index (κ1) is 10.9. The Morgan fingerprint density at radius 2 is 2.56 bits per heavy atom. The van der Waals surface area contributed by atoms with Crippen molar-refractivity contribution in [2.45, 2.75) is 6.42 Å². The predicted molar refractivity (Wildman–Crippen MR) is 60.2 cm³/mol. The van der Waals surface area contributed by atoms with Crippen molar-refractivity contribution >= 4 is 11.6 Å². The number of pyridine rings is 1. The molecule has 5 nitrogen and oxygen atoms in total. The van der Waals surface area contributed by atoms with Crippen molar-refractivity contribution in [2.24, 2.45) is 11.7 Å². The first-order valence-electron chi connectivity index (χ1n) is 5.33. The number of carbonyl (C=O) groups is 1. The van der Waals surface area contributed by atoms with E-state index in [-0.39, 0.29) is 5.69 Å². The molecule has 0 spiro atoms. The molecule has 1 aliphatic heterocycles. The summed E-state index contributed by atoms with van der Waals surface area (Å²) >= 11 is 0. The van der Waals surface area contributed by atoms with Gasteiger partial charge in [0.1, 0.15) is 5.69 Å². The molecule has 0 aliphatic carbocycles. The Hall–Kier alpha value is -1.62. The van der Waals surface area contributed by atoms with Crippen molar-refractivity contribution in [1.82, 2.24) is 4.98 Å². The van der Waals surface area contributed by atoms with Gasteiger partial charge in [-0.3, -0.25) is 9.78 Å². The van der Waals surface area contributed by atoms with Crippen LogP contribution >= 0.6 is 0 Å². The number of ether oxygens (including phenoxy) is 1. The number of nitrogens with one attached hydrogen (secondary N) is 1. The summed E-state index contributed by atoms with van der Waals surface area (Å²) in [5.41, 5.74) is 6.31. The lowest BCUT2D eigenvalue weighted by Gasteiger charge is -2.10. The Labute approximate surface area is 94.0 Å². The predicted octanol–water partition coefficient (Wildman–Crippen LogP) is 0.629. The van der Waals surface area contributed by atoms with E-state index in [0.29, 0.717) is 5.92 Å². The van der Waals surface area contributed by atoms with Crippen LogP contribution in [-0.2, 0) is 4.74 Å². The van der Waals surface area contributed by atoms with Gasteiger partial charge in [-0.25, -0.2) is 0 Å². The van der Waals surface area contributed by atoms with Crippen LogP contribution in [0.1, 0.15) is 16.9 Å². The number of anilines is 1. The Balaban J connectivity index is 1.93. The fourth-order valence-electron chi connectivity index (χ4n) is 1.68. The highest BCUT2D eigenvalue weighted by atomic mass is 16.5. The first-order chi connectivity index (χ1) is 7.75. The minimum atomic E-state index is -0.507. The van der Waals surface area contributed by atoms with Crippen LogP contribution in [0.2, 0.25) is 0 Å². The van der Waals surface area contributed by atoms with Gasteiger partial charge >= 0.3 is 0 Å². The summed E-state index contributed by atoms with van der Waals surface area (Å²) in [6.07, 6.45) is 2.66. The molecule has 0 saturated carbocycles. The molecule has 0 bridgehead atoms. The number of amides is 1. The number of rotatable bonds is 4. The van der Waals surface area contributed by atoms with Gasteiger partial charge in [-0.1, -0.05) is 0 Å². The number of primary amides is 1. The smallest absolute Gasteiger partial charge is 0.267 e. The highest BCUT2D eigenvalue weighted by molar-refractivity contribution is 5.91. The van der Waals surface area contributed by atoms with E-state index in [1.807, 2.05) is 6.07 Å². The average molecular weight is 221 g/mol. The average Bonchev–Trinajstić information content (AvgIpc) is 2.79. The minimum Gasteiger partial charge on any atom is -0.385 e. The number of nitrogens with two attached hydrogens (primary N) is 1. The summed E-state index contributed by atoms with van der Waals surface area (Å²) in [6, 6.07) is 3.49. The highest BCUT2D eigenvalue weighted by Crippen LogP contribution is 2.14. The van der Waals surface area contributed by atoms with Crippen LogP contribution in [0.4, 0.5) is 5.69 Å². The van der Waals surface area contributed by atoms with Crippen molar-refractivity contribution in [1.29, 1.82) is 0 Å². The Bertz CT molecular complexity index is 375. The van der Waals surface area contributed by atoms with Gasteiger partial charge < -0.3 is 15.8 Å². The number of aromatic nitrogens is 1. The summed E-state index contributed by atoms with van der Waals surface area (Å²) in [5, 5.41) is 3.25. The maximum absolute atomic E-state index is 10.9. The summed E-state index contributed by atoms with van der Waals surface area (Å²) in [6.45, 7) is 2.50. The molecule has 3 N–H and O–H groups in total. The third-order valence-electron chi connectivity index (χ3n) is 2.63. The van der Waals surface area contributed by atoms with Gasteiger partial charge in [0, 0.05) is 31.0 Å². The molecule has 86 valence electrons. The molecule has 16 heavy (non-hydrogen) atoms. The number of hydrogen-bond acceptors (Lipinski definition) is 4. The largest absolute Gasteiger partial charge is 0.385 e. The molecular formula is C11H15N3O2. The van der Waals surface area contributed by atoms with Gasteiger partial charge in [0.25, 0.3) is 5.91 Å². The maximum Gasteiger partial charge on any atom is 0.267 e. The van der Waals surface area contributed by atoms with E-state index in [4.69, 9.17) is 10.5 Å². The molecular weight excluding hydrogens is 206 g/mol. The molecule has 1 atom stereocenters. The lowest BCUT2D eigenvalue weighted by molar-refractivity contribution is 0.0995. The van der Waals surface area contributed by atoms with Crippen LogP contribution in [0.25, 0.3) is 0 Å². The molecule has 1 amide bonds. The van der Waals surface area contributed by atoms with Crippen LogP contribution in [0.3, 0.4) is 0 Å². The van der Waals surface area contributed by atoms with Gasteiger partial charge in [-0.2, -0.15) is 0 Å². The Kier molecular flexibility index (Phi) is 3.36. The van der Waals surface area contributed by atoms with Crippen molar-refractivity contribution < 1.29 is 9.53 Å². The van der Waals surface area contributed by atoms with Gasteiger partial charge in [-0.05, 0) is 18.6 Å². The number of nitrogens with zero attached hydrogens (tertiary/aromatic N) is 1. The zero-order valence-electron chi connectivity index (χ0n) is 8.98. The van der Waals surface area contributed by atoms with Gasteiger partial charge in [0.15, 0.2) is 0 Å². The summed E-state index contributed by atoms with van der Waals surface area (Å²) < 4.78 is 5.28. The molecule has 5 heteroatoms. The van der Waals surface area contributed by atoms with Crippen molar-refractivity contribution in [3.05, 3.63) is 24.0 Å². The molecule has 1 saturated heterocycles. The zero-order valence-corrected chi connectivity index (χ0v) is 8.98. The molecule has 2 heterocycles. The van der Waals surface area contributed by atoms with Gasteiger partial charge in [0.05, 0.1) is 6.61 Å². The zero-order chi connectivity index (χ0) is 11.4. The summed E-state index contributed by atoms with van der Waals surface area (Å²) in [7, 11) is 0.